The summed E-state index contributed by atoms with van der Waals surface area (Å²) in [4.78, 5) is 17.4. The molecule has 1 aliphatic rings. The first kappa shape index (κ1) is 13.5. The summed E-state index contributed by atoms with van der Waals surface area (Å²) in [6.07, 6.45) is 1.26. The van der Waals surface area contributed by atoms with Crippen LogP contribution in [0.4, 0.5) is 5.13 Å². The SMILES string of the molecule is CCc1nc(NC(=O)CC2CNCCO2)sc1C. The van der Waals surface area contributed by atoms with Crippen LogP contribution >= 0.6 is 11.3 Å². The summed E-state index contributed by atoms with van der Waals surface area (Å²) in [6.45, 7) is 6.37. The van der Waals surface area contributed by atoms with Gasteiger partial charge in [-0.05, 0) is 13.3 Å². The molecule has 100 valence electrons. The zero-order valence-electron chi connectivity index (χ0n) is 10.8. The molecular weight excluding hydrogens is 250 g/mol. The van der Waals surface area contributed by atoms with Crippen LogP contribution in [0.1, 0.15) is 23.9 Å². The second kappa shape index (κ2) is 6.26. The smallest absolute Gasteiger partial charge is 0.228 e. The van der Waals surface area contributed by atoms with E-state index < -0.39 is 0 Å². The molecule has 2 N–H and O–H groups in total. The predicted molar refractivity (Wildman–Crippen MR) is 72.1 cm³/mol. The molecular formula is C12H19N3O2S. The first-order chi connectivity index (χ1) is 8.69. The molecule has 1 saturated heterocycles. The van der Waals surface area contributed by atoms with Gasteiger partial charge in [-0.1, -0.05) is 6.92 Å². The fourth-order valence-corrected chi connectivity index (χ4v) is 2.86. The van der Waals surface area contributed by atoms with Crippen LogP contribution in [0.25, 0.3) is 0 Å². The van der Waals surface area contributed by atoms with E-state index in [1.807, 2.05) is 6.92 Å². The lowest BCUT2D eigenvalue weighted by molar-refractivity contribution is -0.119. The van der Waals surface area contributed by atoms with Gasteiger partial charge in [0.25, 0.3) is 0 Å². The van der Waals surface area contributed by atoms with Crippen LogP contribution < -0.4 is 10.6 Å². The zero-order valence-corrected chi connectivity index (χ0v) is 11.6. The molecule has 0 aromatic carbocycles. The maximum absolute atomic E-state index is 11.8. The first-order valence-electron chi connectivity index (χ1n) is 6.27. The Morgan fingerprint density at radius 2 is 2.50 bits per heavy atom. The van der Waals surface area contributed by atoms with Gasteiger partial charge >= 0.3 is 0 Å². The van der Waals surface area contributed by atoms with E-state index in [2.05, 4.69) is 22.5 Å². The monoisotopic (exact) mass is 269 g/mol. The number of nitrogens with one attached hydrogen (secondary N) is 2. The van der Waals surface area contributed by atoms with Crippen LogP contribution in [0.2, 0.25) is 0 Å². The molecule has 1 aromatic heterocycles. The highest BCUT2D eigenvalue weighted by atomic mass is 32.1. The molecule has 0 radical (unpaired) electrons. The molecule has 0 aliphatic carbocycles. The van der Waals surface area contributed by atoms with Gasteiger partial charge in [0.2, 0.25) is 5.91 Å². The fourth-order valence-electron chi connectivity index (χ4n) is 1.94. The molecule has 2 heterocycles. The zero-order chi connectivity index (χ0) is 13.0. The number of amides is 1. The molecule has 2 rings (SSSR count). The maximum Gasteiger partial charge on any atom is 0.228 e. The summed E-state index contributed by atoms with van der Waals surface area (Å²) < 4.78 is 5.50. The number of nitrogens with zero attached hydrogens (tertiary/aromatic N) is 1. The molecule has 0 spiro atoms. The number of carbonyl (C=O) groups excluding carboxylic acids is 1. The van der Waals surface area contributed by atoms with Gasteiger partial charge in [-0.15, -0.1) is 11.3 Å². The van der Waals surface area contributed by atoms with Crippen LogP contribution in [-0.4, -0.2) is 36.7 Å². The lowest BCUT2D eigenvalue weighted by Gasteiger charge is -2.22. The number of ether oxygens (including phenoxy) is 1. The number of hydrogen-bond acceptors (Lipinski definition) is 5. The van der Waals surface area contributed by atoms with Crippen molar-refractivity contribution in [2.24, 2.45) is 0 Å². The highest BCUT2D eigenvalue weighted by Gasteiger charge is 2.18. The van der Waals surface area contributed by atoms with Crippen LogP contribution in [0, 0.1) is 6.92 Å². The minimum Gasteiger partial charge on any atom is -0.375 e. The number of morpholine rings is 1. The Morgan fingerprint density at radius 1 is 1.67 bits per heavy atom. The van der Waals surface area contributed by atoms with Crippen molar-refractivity contribution in [3.8, 4) is 0 Å². The maximum atomic E-state index is 11.8. The van der Waals surface area contributed by atoms with Gasteiger partial charge in [-0.2, -0.15) is 0 Å². The molecule has 0 saturated carbocycles. The van der Waals surface area contributed by atoms with Crippen molar-refractivity contribution in [3.63, 3.8) is 0 Å². The van der Waals surface area contributed by atoms with E-state index in [0.29, 0.717) is 18.2 Å². The molecule has 1 aromatic rings. The van der Waals surface area contributed by atoms with Crippen molar-refractivity contribution in [1.82, 2.24) is 10.3 Å². The van der Waals surface area contributed by atoms with E-state index in [4.69, 9.17) is 4.74 Å². The van der Waals surface area contributed by atoms with Gasteiger partial charge in [-0.3, -0.25) is 4.79 Å². The van der Waals surface area contributed by atoms with Gasteiger partial charge in [-0.25, -0.2) is 4.98 Å². The third-order valence-corrected chi connectivity index (χ3v) is 3.82. The highest BCUT2D eigenvalue weighted by Crippen LogP contribution is 2.22. The van der Waals surface area contributed by atoms with Gasteiger partial charge in [0.15, 0.2) is 5.13 Å². The average Bonchev–Trinajstić information content (AvgIpc) is 2.70. The van der Waals surface area contributed by atoms with E-state index in [1.54, 1.807) is 0 Å². The van der Waals surface area contributed by atoms with Crippen molar-refractivity contribution in [2.75, 3.05) is 25.0 Å². The predicted octanol–water partition coefficient (Wildman–Crippen LogP) is 1.33. The van der Waals surface area contributed by atoms with Crippen molar-refractivity contribution in [2.45, 2.75) is 32.8 Å². The summed E-state index contributed by atoms with van der Waals surface area (Å²) in [5, 5.41) is 6.75. The third kappa shape index (κ3) is 3.51. The molecule has 1 aliphatic heterocycles. The number of rotatable bonds is 4. The number of hydrogen-bond donors (Lipinski definition) is 2. The first-order valence-corrected chi connectivity index (χ1v) is 7.09. The minimum atomic E-state index is -0.0277. The van der Waals surface area contributed by atoms with Crippen molar-refractivity contribution < 1.29 is 9.53 Å². The van der Waals surface area contributed by atoms with Gasteiger partial charge in [0, 0.05) is 18.0 Å². The molecule has 6 heteroatoms. The minimum absolute atomic E-state index is 0.0227. The lowest BCUT2D eigenvalue weighted by Crippen LogP contribution is -2.40. The summed E-state index contributed by atoms with van der Waals surface area (Å²) in [5.74, 6) is -0.0277. The Morgan fingerprint density at radius 3 is 3.11 bits per heavy atom. The fraction of sp³-hybridized carbons (Fsp3) is 0.667. The van der Waals surface area contributed by atoms with Gasteiger partial charge in [0.1, 0.15) is 0 Å². The summed E-state index contributed by atoms with van der Waals surface area (Å²) in [7, 11) is 0. The molecule has 1 unspecified atom stereocenters. The third-order valence-electron chi connectivity index (χ3n) is 2.89. The Hall–Kier alpha value is -0.980. The van der Waals surface area contributed by atoms with Gasteiger partial charge < -0.3 is 15.4 Å². The number of thiazole rings is 1. The molecule has 0 bridgehead atoms. The number of aromatic nitrogens is 1. The Bertz CT molecular complexity index is 413. The van der Waals surface area contributed by atoms with E-state index >= 15 is 0 Å². The molecule has 5 nitrogen and oxygen atoms in total. The topological polar surface area (TPSA) is 63.2 Å². The second-order valence-corrected chi connectivity index (χ2v) is 5.53. The summed E-state index contributed by atoms with van der Waals surface area (Å²) in [6, 6.07) is 0. The second-order valence-electron chi connectivity index (χ2n) is 4.32. The molecule has 1 amide bonds. The van der Waals surface area contributed by atoms with Crippen LogP contribution in [0.3, 0.4) is 0 Å². The van der Waals surface area contributed by atoms with Crippen LogP contribution in [-0.2, 0) is 16.0 Å². The van der Waals surface area contributed by atoms with Crippen LogP contribution in [0.5, 0.6) is 0 Å². The molecule has 18 heavy (non-hydrogen) atoms. The number of aryl methyl sites for hydroxylation is 2. The van der Waals surface area contributed by atoms with Crippen molar-refractivity contribution in [1.29, 1.82) is 0 Å². The standard InChI is InChI=1S/C12H19N3O2S/c1-3-10-8(2)18-12(14-10)15-11(16)6-9-7-13-4-5-17-9/h9,13H,3-7H2,1-2H3,(H,14,15,16). The Kier molecular flexibility index (Phi) is 4.68. The number of carbonyl (C=O) groups is 1. The summed E-state index contributed by atoms with van der Waals surface area (Å²) in [5.41, 5.74) is 1.06. The Balaban J connectivity index is 1.86. The molecule has 1 atom stereocenters. The molecule has 1 fully saturated rings. The quantitative estimate of drug-likeness (QED) is 0.865. The Labute approximate surface area is 111 Å². The van der Waals surface area contributed by atoms with E-state index in [9.17, 15) is 4.79 Å². The largest absolute Gasteiger partial charge is 0.375 e. The van der Waals surface area contributed by atoms with Crippen molar-refractivity contribution in [3.05, 3.63) is 10.6 Å². The normalized spacial score (nSPS) is 19.8. The van der Waals surface area contributed by atoms with E-state index in [-0.39, 0.29) is 12.0 Å². The van der Waals surface area contributed by atoms with E-state index in [1.165, 1.54) is 16.2 Å². The van der Waals surface area contributed by atoms with Crippen molar-refractivity contribution >= 4 is 22.4 Å². The van der Waals surface area contributed by atoms with Gasteiger partial charge in [0.05, 0.1) is 24.8 Å². The average molecular weight is 269 g/mol. The van der Waals surface area contributed by atoms with Crippen LogP contribution in [0.15, 0.2) is 0 Å². The summed E-state index contributed by atoms with van der Waals surface area (Å²) >= 11 is 1.53. The highest BCUT2D eigenvalue weighted by molar-refractivity contribution is 7.15. The lowest BCUT2D eigenvalue weighted by atomic mass is 10.2. The van der Waals surface area contributed by atoms with E-state index in [0.717, 1.165) is 25.2 Å². The number of anilines is 1.